The molecular formula is C9H14N2O. The van der Waals surface area contributed by atoms with E-state index in [0.29, 0.717) is 12.3 Å². The maximum atomic E-state index is 5.55. The summed E-state index contributed by atoms with van der Waals surface area (Å²) in [4.78, 5) is 3.96. The highest BCUT2D eigenvalue weighted by molar-refractivity contribution is 5.36. The van der Waals surface area contributed by atoms with E-state index in [1.807, 2.05) is 19.9 Å². The Labute approximate surface area is 72.6 Å². The van der Waals surface area contributed by atoms with Gasteiger partial charge in [0.15, 0.2) is 0 Å². The average Bonchev–Trinajstić information content (AvgIpc) is 2.01. The van der Waals surface area contributed by atoms with Gasteiger partial charge in [-0.25, -0.2) is 0 Å². The van der Waals surface area contributed by atoms with Crippen LogP contribution >= 0.6 is 0 Å². The first-order valence-electron chi connectivity index (χ1n) is 3.99. The van der Waals surface area contributed by atoms with Crippen LogP contribution in [-0.2, 0) is 11.3 Å². The van der Waals surface area contributed by atoms with Crippen LogP contribution in [0.4, 0.5) is 5.69 Å². The fourth-order valence-corrected chi connectivity index (χ4v) is 0.850. The number of nitrogen functional groups attached to an aromatic ring is 1. The molecule has 2 N–H and O–H groups in total. The molecule has 0 fully saturated rings. The second-order valence-corrected chi connectivity index (χ2v) is 2.99. The lowest BCUT2D eigenvalue weighted by molar-refractivity contribution is 0.0656. The Balaban J connectivity index is 2.52. The van der Waals surface area contributed by atoms with Crippen molar-refractivity contribution in [3.05, 3.63) is 24.0 Å². The monoisotopic (exact) mass is 166 g/mol. The molecule has 12 heavy (non-hydrogen) atoms. The van der Waals surface area contributed by atoms with Crippen molar-refractivity contribution in [2.75, 3.05) is 5.73 Å². The lowest BCUT2D eigenvalue weighted by atomic mass is 10.3. The highest BCUT2D eigenvalue weighted by Gasteiger charge is 1.96. The third kappa shape index (κ3) is 2.88. The summed E-state index contributed by atoms with van der Waals surface area (Å²) in [5.74, 6) is 0. The first kappa shape index (κ1) is 9.00. The number of aromatic nitrogens is 1. The van der Waals surface area contributed by atoms with Gasteiger partial charge in [-0.2, -0.15) is 0 Å². The fraction of sp³-hybridized carbons (Fsp3) is 0.444. The van der Waals surface area contributed by atoms with Gasteiger partial charge in [0, 0.05) is 12.4 Å². The minimum atomic E-state index is 0.242. The van der Waals surface area contributed by atoms with Gasteiger partial charge in [-0.1, -0.05) is 0 Å². The van der Waals surface area contributed by atoms with Gasteiger partial charge < -0.3 is 10.5 Å². The van der Waals surface area contributed by atoms with E-state index in [4.69, 9.17) is 10.5 Å². The predicted octanol–water partition coefficient (Wildman–Crippen LogP) is 1.59. The molecule has 1 heterocycles. The summed E-state index contributed by atoms with van der Waals surface area (Å²) in [5, 5.41) is 0. The summed E-state index contributed by atoms with van der Waals surface area (Å²) < 4.78 is 5.39. The van der Waals surface area contributed by atoms with Crippen LogP contribution in [0.3, 0.4) is 0 Å². The minimum Gasteiger partial charge on any atom is -0.397 e. The Bertz CT molecular complexity index is 248. The number of anilines is 1. The summed E-state index contributed by atoms with van der Waals surface area (Å²) in [6.45, 7) is 4.58. The molecule has 0 aliphatic rings. The molecule has 1 aromatic rings. The zero-order valence-electron chi connectivity index (χ0n) is 7.45. The molecule has 0 saturated carbocycles. The van der Waals surface area contributed by atoms with Crippen LogP contribution in [0.5, 0.6) is 0 Å². The van der Waals surface area contributed by atoms with Crippen molar-refractivity contribution >= 4 is 5.69 Å². The second kappa shape index (κ2) is 4.07. The molecule has 0 aliphatic heterocycles. The van der Waals surface area contributed by atoms with Crippen molar-refractivity contribution in [1.82, 2.24) is 4.98 Å². The van der Waals surface area contributed by atoms with Gasteiger partial charge in [0.25, 0.3) is 0 Å². The van der Waals surface area contributed by atoms with Gasteiger partial charge in [-0.3, -0.25) is 4.98 Å². The molecule has 0 amide bonds. The first-order chi connectivity index (χ1) is 5.68. The summed E-state index contributed by atoms with van der Waals surface area (Å²) in [7, 11) is 0. The van der Waals surface area contributed by atoms with Crippen LogP contribution in [0.15, 0.2) is 18.5 Å². The fourth-order valence-electron chi connectivity index (χ4n) is 0.850. The zero-order chi connectivity index (χ0) is 8.97. The molecule has 3 nitrogen and oxygen atoms in total. The van der Waals surface area contributed by atoms with Gasteiger partial charge in [0.05, 0.1) is 18.4 Å². The van der Waals surface area contributed by atoms with Crippen molar-refractivity contribution in [2.45, 2.75) is 26.6 Å². The van der Waals surface area contributed by atoms with Crippen LogP contribution in [0.25, 0.3) is 0 Å². The summed E-state index contributed by atoms with van der Waals surface area (Å²) in [6.07, 6.45) is 3.63. The largest absolute Gasteiger partial charge is 0.397 e. The van der Waals surface area contributed by atoms with Gasteiger partial charge in [0.1, 0.15) is 0 Å². The van der Waals surface area contributed by atoms with Gasteiger partial charge in [0.2, 0.25) is 0 Å². The number of ether oxygens (including phenoxy) is 1. The number of hydrogen-bond acceptors (Lipinski definition) is 3. The molecule has 0 radical (unpaired) electrons. The van der Waals surface area contributed by atoms with E-state index in [9.17, 15) is 0 Å². The third-order valence-electron chi connectivity index (χ3n) is 1.40. The van der Waals surface area contributed by atoms with Crippen molar-refractivity contribution in [2.24, 2.45) is 0 Å². The summed E-state index contributed by atoms with van der Waals surface area (Å²) in [5.41, 5.74) is 7.24. The number of nitrogens with two attached hydrogens (primary N) is 1. The first-order valence-corrected chi connectivity index (χ1v) is 3.99. The van der Waals surface area contributed by atoms with Gasteiger partial charge >= 0.3 is 0 Å². The SMILES string of the molecule is CC(C)OCc1cncc(N)c1. The third-order valence-corrected chi connectivity index (χ3v) is 1.40. The highest BCUT2D eigenvalue weighted by atomic mass is 16.5. The Morgan fingerprint density at radius 1 is 1.50 bits per heavy atom. The van der Waals surface area contributed by atoms with E-state index in [0.717, 1.165) is 5.56 Å². The molecule has 3 heteroatoms. The van der Waals surface area contributed by atoms with Crippen molar-refractivity contribution < 1.29 is 4.74 Å². The lowest BCUT2D eigenvalue weighted by Crippen LogP contribution is -2.02. The van der Waals surface area contributed by atoms with Crippen LogP contribution in [0.1, 0.15) is 19.4 Å². The smallest absolute Gasteiger partial charge is 0.0736 e. The lowest BCUT2D eigenvalue weighted by Gasteiger charge is -2.06. The standard InChI is InChI=1S/C9H14N2O/c1-7(2)12-6-8-3-9(10)5-11-4-8/h3-5,7H,6,10H2,1-2H3. The van der Waals surface area contributed by atoms with Crippen LogP contribution < -0.4 is 5.73 Å². The second-order valence-electron chi connectivity index (χ2n) is 2.99. The molecule has 0 saturated heterocycles. The van der Waals surface area contributed by atoms with E-state index in [1.54, 1.807) is 12.4 Å². The van der Waals surface area contributed by atoms with E-state index in [-0.39, 0.29) is 6.10 Å². The molecule has 0 unspecified atom stereocenters. The molecule has 0 spiro atoms. The number of nitrogens with zero attached hydrogens (tertiary/aromatic N) is 1. The quantitative estimate of drug-likeness (QED) is 0.741. The van der Waals surface area contributed by atoms with Gasteiger partial charge in [-0.05, 0) is 25.5 Å². The molecule has 1 aromatic heterocycles. The Hall–Kier alpha value is -1.09. The molecule has 0 aliphatic carbocycles. The van der Waals surface area contributed by atoms with Crippen molar-refractivity contribution in [3.8, 4) is 0 Å². The summed E-state index contributed by atoms with van der Waals surface area (Å²) >= 11 is 0. The van der Waals surface area contributed by atoms with E-state index in [2.05, 4.69) is 4.98 Å². The Kier molecular flexibility index (Phi) is 3.05. The van der Waals surface area contributed by atoms with Gasteiger partial charge in [-0.15, -0.1) is 0 Å². The Morgan fingerprint density at radius 3 is 2.83 bits per heavy atom. The van der Waals surface area contributed by atoms with Crippen LogP contribution in [-0.4, -0.2) is 11.1 Å². The maximum Gasteiger partial charge on any atom is 0.0736 e. The van der Waals surface area contributed by atoms with Crippen LogP contribution in [0.2, 0.25) is 0 Å². The highest BCUT2D eigenvalue weighted by Crippen LogP contribution is 2.06. The topological polar surface area (TPSA) is 48.1 Å². The predicted molar refractivity (Wildman–Crippen MR) is 48.6 cm³/mol. The van der Waals surface area contributed by atoms with Crippen molar-refractivity contribution in [3.63, 3.8) is 0 Å². The van der Waals surface area contributed by atoms with E-state index in [1.165, 1.54) is 0 Å². The molecular weight excluding hydrogens is 152 g/mol. The molecule has 0 aromatic carbocycles. The normalized spacial score (nSPS) is 10.6. The maximum absolute atomic E-state index is 5.55. The Morgan fingerprint density at radius 2 is 2.25 bits per heavy atom. The average molecular weight is 166 g/mol. The molecule has 66 valence electrons. The van der Waals surface area contributed by atoms with Crippen LogP contribution in [0, 0.1) is 0 Å². The van der Waals surface area contributed by atoms with E-state index < -0.39 is 0 Å². The number of pyridine rings is 1. The van der Waals surface area contributed by atoms with E-state index >= 15 is 0 Å². The zero-order valence-corrected chi connectivity index (χ0v) is 7.45. The molecule has 1 rings (SSSR count). The molecule has 0 bridgehead atoms. The minimum absolute atomic E-state index is 0.242. The molecule has 0 atom stereocenters. The number of rotatable bonds is 3. The number of hydrogen-bond donors (Lipinski definition) is 1. The summed E-state index contributed by atoms with van der Waals surface area (Å²) in [6, 6.07) is 1.87. The van der Waals surface area contributed by atoms with Crippen molar-refractivity contribution in [1.29, 1.82) is 0 Å².